The fraction of sp³-hybridized carbons (Fsp3) is 0.841. The zero-order chi connectivity index (χ0) is 34.9. The summed E-state index contributed by atoms with van der Waals surface area (Å²) in [5.41, 5.74) is 4.63. The number of hydrogen-bond donors (Lipinski definition) is 1. The molecule has 1 aliphatic heterocycles. The van der Waals surface area contributed by atoms with E-state index in [0.717, 1.165) is 31.2 Å². The second-order valence-electron chi connectivity index (χ2n) is 19.7. The monoisotopic (exact) mass is 677 g/mol. The summed E-state index contributed by atoms with van der Waals surface area (Å²) < 4.78 is 19.3. The maximum absolute atomic E-state index is 14.0. The highest BCUT2D eigenvalue weighted by atomic mass is 19.1. The first-order chi connectivity index (χ1) is 23.3. The highest BCUT2D eigenvalue weighted by Crippen LogP contribution is 2.76. The fourth-order valence-electron chi connectivity index (χ4n) is 14.7. The molecule has 1 saturated heterocycles. The molecule has 1 unspecified atom stereocenters. The zero-order valence-corrected chi connectivity index (χ0v) is 32.1. The van der Waals surface area contributed by atoms with Gasteiger partial charge in [0, 0.05) is 25.0 Å². The van der Waals surface area contributed by atoms with Gasteiger partial charge in [-0.05, 0) is 166 Å². The quantitative estimate of drug-likeness (QED) is 0.195. The lowest BCUT2D eigenvalue weighted by Crippen LogP contribution is -2.68. The molecule has 0 aromatic heterocycles. The van der Waals surface area contributed by atoms with Gasteiger partial charge in [0.25, 0.3) is 6.47 Å². The van der Waals surface area contributed by atoms with Gasteiger partial charge in [0.2, 0.25) is 0 Å². The van der Waals surface area contributed by atoms with Gasteiger partial charge < -0.3 is 15.0 Å². The minimum Gasteiger partial charge on any atom is -0.458 e. The minimum absolute atomic E-state index is 0.0651. The lowest BCUT2D eigenvalue weighted by atomic mass is 9.33. The Balaban J connectivity index is 1.14. The summed E-state index contributed by atoms with van der Waals surface area (Å²) in [7, 11) is 0. The summed E-state index contributed by atoms with van der Waals surface area (Å²) in [5.74, 6) is 3.47. The molecule has 49 heavy (non-hydrogen) atoms. The van der Waals surface area contributed by atoms with Gasteiger partial charge in [0.05, 0.1) is 0 Å². The first kappa shape index (κ1) is 35.9. The van der Waals surface area contributed by atoms with Gasteiger partial charge in [-0.1, -0.05) is 65.3 Å². The summed E-state index contributed by atoms with van der Waals surface area (Å²) in [6.07, 6.45) is 22.6. The Hall–Kier alpha value is -1.46. The number of fused-ring (bicyclic) bond motifs is 7. The Kier molecular flexibility index (Phi) is 9.45. The van der Waals surface area contributed by atoms with Crippen molar-refractivity contribution in [3.63, 3.8) is 0 Å². The van der Waals surface area contributed by atoms with Crippen molar-refractivity contribution in [1.29, 1.82) is 0 Å². The van der Waals surface area contributed by atoms with E-state index in [-0.39, 0.29) is 16.4 Å². The lowest BCUT2D eigenvalue weighted by Gasteiger charge is -2.72. The summed E-state index contributed by atoms with van der Waals surface area (Å²) in [4.78, 5) is 13.9. The number of nitrogens with zero attached hydrogens (tertiary/aromatic N) is 1. The molecule has 274 valence electrons. The highest BCUT2D eigenvalue weighted by Gasteiger charge is 2.70. The van der Waals surface area contributed by atoms with Crippen molar-refractivity contribution in [1.82, 2.24) is 10.2 Å². The molecule has 7 rings (SSSR count). The van der Waals surface area contributed by atoms with Gasteiger partial charge in [-0.3, -0.25) is 4.79 Å². The van der Waals surface area contributed by atoms with Crippen LogP contribution in [0.5, 0.6) is 0 Å². The SMILES string of the molecule is C=C(C)[C@@H]1CC[C@]2(NCCN3CCCCC3)CC[C@]3(C)[C@H](CC[C@@H]4[C@@]5(C)CC=C(C6=CCC(CF)(OC=O)CC6)C(C)(C)[C@@H]5CC[C@]43C)[C@@H]12. The summed E-state index contributed by atoms with van der Waals surface area (Å²) in [6.45, 7) is 24.9. The van der Waals surface area contributed by atoms with E-state index in [0.29, 0.717) is 47.9 Å². The molecular formula is C44H69FN2O2. The van der Waals surface area contributed by atoms with Crippen molar-refractivity contribution in [2.24, 2.45) is 51.2 Å². The second-order valence-corrected chi connectivity index (χ2v) is 19.7. The third-order valence-corrected chi connectivity index (χ3v) is 17.5. The van der Waals surface area contributed by atoms with Crippen LogP contribution in [0.15, 0.2) is 35.5 Å². The molecule has 1 N–H and O–H groups in total. The van der Waals surface area contributed by atoms with E-state index < -0.39 is 12.3 Å². The molecule has 6 aliphatic carbocycles. The number of hydrogen-bond acceptors (Lipinski definition) is 4. The van der Waals surface area contributed by atoms with Crippen LogP contribution in [0.2, 0.25) is 0 Å². The number of halogens is 1. The Labute approximate surface area is 298 Å². The topological polar surface area (TPSA) is 41.6 Å². The van der Waals surface area contributed by atoms with Gasteiger partial charge in [0.1, 0.15) is 12.3 Å². The second kappa shape index (κ2) is 12.9. The number of rotatable bonds is 9. The Morgan fingerprint density at radius 2 is 1.71 bits per heavy atom. The number of carbonyl (C=O) groups is 1. The summed E-state index contributed by atoms with van der Waals surface area (Å²) in [6, 6.07) is 0. The number of alkyl halides is 1. The maximum atomic E-state index is 14.0. The smallest absolute Gasteiger partial charge is 0.293 e. The molecule has 0 radical (unpaired) electrons. The molecule has 0 bridgehead atoms. The molecule has 10 atom stereocenters. The first-order valence-corrected chi connectivity index (χ1v) is 20.5. The highest BCUT2D eigenvalue weighted by molar-refractivity contribution is 5.43. The van der Waals surface area contributed by atoms with Gasteiger partial charge >= 0.3 is 0 Å². The average Bonchev–Trinajstić information content (AvgIpc) is 3.46. The van der Waals surface area contributed by atoms with E-state index in [1.807, 2.05) is 0 Å². The van der Waals surface area contributed by atoms with E-state index in [1.54, 1.807) is 0 Å². The van der Waals surface area contributed by atoms with Gasteiger partial charge in [-0.2, -0.15) is 0 Å². The summed E-state index contributed by atoms with van der Waals surface area (Å²) >= 11 is 0. The van der Waals surface area contributed by atoms with Crippen LogP contribution in [-0.4, -0.2) is 55.4 Å². The number of ether oxygens (including phenoxy) is 1. The number of nitrogens with one attached hydrogen (secondary N) is 1. The average molecular weight is 677 g/mol. The van der Waals surface area contributed by atoms with E-state index >= 15 is 0 Å². The van der Waals surface area contributed by atoms with Gasteiger partial charge in [-0.15, -0.1) is 0 Å². The van der Waals surface area contributed by atoms with Crippen LogP contribution in [0.3, 0.4) is 0 Å². The van der Waals surface area contributed by atoms with Gasteiger partial charge in [-0.25, -0.2) is 4.39 Å². The van der Waals surface area contributed by atoms with Crippen LogP contribution < -0.4 is 5.32 Å². The largest absolute Gasteiger partial charge is 0.458 e. The van der Waals surface area contributed by atoms with Crippen LogP contribution >= 0.6 is 0 Å². The van der Waals surface area contributed by atoms with Crippen LogP contribution in [0.4, 0.5) is 4.39 Å². The molecule has 5 fully saturated rings. The van der Waals surface area contributed by atoms with Crippen LogP contribution in [0.1, 0.15) is 138 Å². The molecular weight excluding hydrogens is 607 g/mol. The molecule has 0 aromatic rings. The number of piperidine rings is 1. The zero-order valence-electron chi connectivity index (χ0n) is 32.1. The Bertz CT molecular complexity index is 1350. The van der Waals surface area contributed by atoms with Crippen LogP contribution in [0, 0.1) is 51.2 Å². The van der Waals surface area contributed by atoms with E-state index in [2.05, 4.69) is 70.5 Å². The molecule has 1 heterocycles. The first-order valence-electron chi connectivity index (χ1n) is 20.5. The van der Waals surface area contributed by atoms with Crippen LogP contribution in [0.25, 0.3) is 0 Å². The number of allylic oxidation sites excluding steroid dienone is 4. The van der Waals surface area contributed by atoms with Crippen molar-refractivity contribution in [3.8, 4) is 0 Å². The van der Waals surface area contributed by atoms with Crippen molar-refractivity contribution < 1.29 is 13.9 Å². The summed E-state index contributed by atoms with van der Waals surface area (Å²) in [5, 5.41) is 4.34. The van der Waals surface area contributed by atoms with Gasteiger partial charge in [0.15, 0.2) is 0 Å². The Morgan fingerprint density at radius 1 is 0.939 bits per heavy atom. The molecule has 4 nitrogen and oxygen atoms in total. The lowest BCUT2D eigenvalue weighted by molar-refractivity contribution is -0.221. The maximum Gasteiger partial charge on any atom is 0.293 e. The van der Waals surface area contributed by atoms with Crippen molar-refractivity contribution in [3.05, 3.63) is 35.5 Å². The normalized spacial score (nSPS) is 46.3. The molecule has 4 saturated carbocycles. The fourth-order valence-corrected chi connectivity index (χ4v) is 14.7. The molecule has 0 amide bonds. The molecule has 7 aliphatic rings. The molecule has 0 spiro atoms. The molecule has 0 aromatic carbocycles. The third kappa shape index (κ3) is 5.50. The third-order valence-electron chi connectivity index (χ3n) is 17.5. The van der Waals surface area contributed by atoms with E-state index in [9.17, 15) is 9.18 Å². The number of carbonyl (C=O) groups excluding carboxylic acids is 1. The predicted octanol–water partition coefficient (Wildman–Crippen LogP) is 10.00. The van der Waals surface area contributed by atoms with E-state index in [1.165, 1.54) is 107 Å². The standard InChI is InChI=1S/C44H69FN2O2/c1-31(2)33-15-22-44(46-25-28-47-26-9-8-10-27-47)24-23-41(6)35(38(33)44)11-12-37-40(5)18-16-34(39(3,4)36(40)17-19-42(37,41)7)32-13-20-43(29-45,21-14-32)49-30-48/h13,16,30,33,35-38,46H,1,8-12,14-15,17-29H2,2-7H3/t33-,35+,36-,37+,38+,40-,41+,42+,43?,44-/m0/s1. The predicted molar refractivity (Wildman–Crippen MR) is 199 cm³/mol. The van der Waals surface area contributed by atoms with Crippen molar-refractivity contribution in [2.45, 2.75) is 149 Å². The van der Waals surface area contributed by atoms with E-state index in [4.69, 9.17) is 4.74 Å². The van der Waals surface area contributed by atoms with Crippen molar-refractivity contribution in [2.75, 3.05) is 32.9 Å². The molecule has 5 heteroatoms. The number of likely N-dealkylation sites (tertiary alicyclic amines) is 1. The van der Waals surface area contributed by atoms with Crippen LogP contribution in [-0.2, 0) is 9.53 Å². The van der Waals surface area contributed by atoms with Crippen molar-refractivity contribution >= 4 is 6.47 Å². The minimum atomic E-state index is -0.969. The Morgan fingerprint density at radius 3 is 2.39 bits per heavy atom.